The number of rotatable bonds is 5. The largest absolute Gasteiger partial charge is 0.378 e. The molecule has 3 heterocycles. The third-order valence-electron chi connectivity index (χ3n) is 4.00. The zero-order chi connectivity index (χ0) is 18.5. The number of nitrogens with zero attached hydrogens (tertiary/aromatic N) is 5. The first-order valence-electron chi connectivity index (χ1n) is 8.48. The minimum absolute atomic E-state index is 0.0890. The molecule has 0 bridgehead atoms. The highest BCUT2D eigenvalue weighted by molar-refractivity contribution is 5.75. The zero-order valence-corrected chi connectivity index (χ0v) is 14.9. The van der Waals surface area contributed by atoms with E-state index in [1.165, 1.54) is 17.0 Å². The van der Waals surface area contributed by atoms with Crippen molar-refractivity contribution in [2.75, 3.05) is 31.2 Å². The number of hydrogen-bond donors (Lipinski definition) is 1. The Labute approximate surface area is 151 Å². The molecule has 0 spiro atoms. The first-order valence-corrected chi connectivity index (χ1v) is 8.48. The molecule has 3 rings (SSSR count). The third kappa shape index (κ3) is 4.63. The molecular weight excluding hydrogens is 336 g/mol. The van der Waals surface area contributed by atoms with Crippen molar-refractivity contribution in [2.24, 2.45) is 0 Å². The average Bonchev–Trinajstić information content (AvgIpc) is 2.63. The van der Waals surface area contributed by atoms with Gasteiger partial charge in [-0.2, -0.15) is 0 Å². The topological polar surface area (TPSA) is 102 Å². The summed E-state index contributed by atoms with van der Waals surface area (Å²) in [4.78, 5) is 39.0. The lowest BCUT2D eigenvalue weighted by Crippen LogP contribution is -2.37. The molecule has 2 aromatic rings. The van der Waals surface area contributed by atoms with Gasteiger partial charge in [-0.15, -0.1) is 0 Å². The maximum absolute atomic E-state index is 12.1. The van der Waals surface area contributed by atoms with Gasteiger partial charge in [-0.1, -0.05) is 0 Å². The van der Waals surface area contributed by atoms with Gasteiger partial charge in [-0.3, -0.25) is 14.2 Å². The first-order chi connectivity index (χ1) is 12.5. The van der Waals surface area contributed by atoms with Gasteiger partial charge < -0.3 is 15.0 Å². The van der Waals surface area contributed by atoms with Crippen molar-refractivity contribution in [3.8, 4) is 0 Å². The molecule has 0 aliphatic carbocycles. The quantitative estimate of drug-likeness (QED) is 0.790. The Hall–Kier alpha value is -2.81. The maximum atomic E-state index is 12.1. The molecule has 9 heteroatoms. The van der Waals surface area contributed by atoms with Crippen LogP contribution in [0.1, 0.15) is 17.2 Å². The lowest BCUT2D eigenvalue weighted by molar-refractivity contribution is -0.121. The Balaban J connectivity index is 1.62. The van der Waals surface area contributed by atoms with Gasteiger partial charge in [0, 0.05) is 36.6 Å². The highest BCUT2D eigenvalue weighted by atomic mass is 16.5. The average molecular weight is 358 g/mol. The lowest BCUT2D eigenvalue weighted by atomic mass is 10.3. The van der Waals surface area contributed by atoms with Crippen LogP contribution in [0.15, 0.2) is 23.3 Å². The predicted molar refractivity (Wildman–Crippen MR) is 94.9 cm³/mol. The number of nitrogens with one attached hydrogen (secondary N) is 1. The SMILES string of the molecule is Cc1cc(=O)n(CC(=O)NCc2nc(C)cc(N3CCOCC3)n2)cn1. The van der Waals surface area contributed by atoms with Gasteiger partial charge in [0.15, 0.2) is 0 Å². The standard InChI is InChI=1S/C17H22N6O3/c1-12-8-17(25)23(11-19-12)10-16(24)18-9-14-20-13(2)7-15(21-14)22-3-5-26-6-4-22/h7-8,11H,3-6,9-10H2,1-2H3,(H,18,24). The van der Waals surface area contributed by atoms with Crippen molar-refractivity contribution in [2.45, 2.75) is 26.9 Å². The molecule has 0 radical (unpaired) electrons. The smallest absolute Gasteiger partial charge is 0.253 e. The first kappa shape index (κ1) is 18.0. The van der Waals surface area contributed by atoms with E-state index in [1.54, 1.807) is 6.92 Å². The molecule has 0 saturated carbocycles. The monoisotopic (exact) mass is 358 g/mol. The van der Waals surface area contributed by atoms with E-state index < -0.39 is 0 Å². The van der Waals surface area contributed by atoms with Gasteiger partial charge in [-0.25, -0.2) is 15.0 Å². The van der Waals surface area contributed by atoms with Crippen molar-refractivity contribution >= 4 is 11.7 Å². The van der Waals surface area contributed by atoms with Crippen LogP contribution in [0.25, 0.3) is 0 Å². The number of aryl methyl sites for hydroxylation is 2. The predicted octanol–water partition coefficient (Wildman–Crippen LogP) is -0.197. The van der Waals surface area contributed by atoms with Crippen molar-refractivity contribution in [3.63, 3.8) is 0 Å². The Morgan fingerprint density at radius 1 is 1.19 bits per heavy atom. The van der Waals surface area contributed by atoms with Crippen LogP contribution in [-0.4, -0.2) is 51.7 Å². The summed E-state index contributed by atoms with van der Waals surface area (Å²) in [6, 6.07) is 3.32. The van der Waals surface area contributed by atoms with E-state index in [9.17, 15) is 9.59 Å². The molecule has 1 N–H and O–H groups in total. The number of anilines is 1. The summed E-state index contributed by atoms with van der Waals surface area (Å²) >= 11 is 0. The van der Waals surface area contributed by atoms with Gasteiger partial charge >= 0.3 is 0 Å². The number of amides is 1. The molecule has 1 fully saturated rings. The van der Waals surface area contributed by atoms with Crippen LogP contribution in [0.4, 0.5) is 5.82 Å². The highest BCUT2D eigenvalue weighted by Gasteiger charge is 2.14. The summed E-state index contributed by atoms with van der Waals surface area (Å²) in [5.74, 6) is 1.08. The molecule has 1 aliphatic heterocycles. The van der Waals surface area contributed by atoms with Crippen LogP contribution in [0.5, 0.6) is 0 Å². The summed E-state index contributed by atoms with van der Waals surface area (Å²) in [6.45, 7) is 6.65. The number of morpholine rings is 1. The van der Waals surface area contributed by atoms with Gasteiger partial charge in [0.05, 0.1) is 26.1 Å². The Bertz CT molecular complexity index is 845. The second-order valence-corrected chi connectivity index (χ2v) is 6.16. The fraction of sp³-hybridized carbons (Fsp3) is 0.471. The molecule has 26 heavy (non-hydrogen) atoms. The molecule has 1 saturated heterocycles. The van der Waals surface area contributed by atoms with Crippen molar-refractivity contribution in [1.29, 1.82) is 0 Å². The van der Waals surface area contributed by atoms with Crippen molar-refractivity contribution in [3.05, 3.63) is 46.0 Å². The Morgan fingerprint density at radius 3 is 2.69 bits per heavy atom. The summed E-state index contributed by atoms with van der Waals surface area (Å²) in [6.07, 6.45) is 1.37. The van der Waals surface area contributed by atoms with Crippen LogP contribution >= 0.6 is 0 Å². The molecule has 9 nitrogen and oxygen atoms in total. The van der Waals surface area contributed by atoms with Crippen molar-refractivity contribution < 1.29 is 9.53 Å². The fourth-order valence-electron chi connectivity index (χ4n) is 2.67. The minimum atomic E-state index is -0.296. The van der Waals surface area contributed by atoms with Crippen LogP contribution < -0.4 is 15.8 Å². The summed E-state index contributed by atoms with van der Waals surface area (Å²) < 4.78 is 6.62. The Morgan fingerprint density at radius 2 is 1.96 bits per heavy atom. The van der Waals surface area contributed by atoms with Gasteiger partial charge in [-0.05, 0) is 13.8 Å². The fourth-order valence-corrected chi connectivity index (χ4v) is 2.67. The van der Waals surface area contributed by atoms with Crippen molar-refractivity contribution in [1.82, 2.24) is 24.8 Å². The second-order valence-electron chi connectivity index (χ2n) is 6.16. The Kier molecular flexibility index (Phi) is 5.57. The van der Waals surface area contributed by atoms with Crippen LogP contribution in [-0.2, 0) is 22.6 Å². The second kappa shape index (κ2) is 8.05. The highest BCUT2D eigenvalue weighted by Crippen LogP contribution is 2.14. The molecule has 1 aliphatic rings. The molecule has 2 aromatic heterocycles. The zero-order valence-electron chi connectivity index (χ0n) is 14.9. The molecular formula is C17H22N6O3. The van der Waals surface area contributed by atoms with Gasteiger partial charge in [0.25, 0.3) is 5.56 Å². The summed E-state index contributed by atoms with van der Waals surface area (Å²) in [5.41, 5.74) is 1.20. The van der Waals surface area contributed by atoms with E-state index in [0.717, 1.165) is 24.6 Å². The van der Waals surface area contributed by atoms with Gasteiger partial charge in [0.2, 0.25) is 5.91 Å². The molecule has 1 amide bonds. The van der Waals surface area contributed by atoms with Crippen LogP contribution in [0, 0.1) is 13.8 Å². The normalized spacial score (nSPS) is 14.3. The maximum Gasteiger partial charge on any atom is 0.253 e. The van der Waals surface area contributed by atoms with Gasteiger partial charge in [0.1, 0.15) is 18.2 Å². The number of ether oxygens (including phenoxy) is 1. The van der Waals surface area contributed by atoms with E-state index in [2.05, 4.69) is 25.2 Å². The number of carbonyl (C=O) groups excluding carboxylic acids is 1. The number of carbonyl (C=O) groups is 1. The van der Waals surface area contributed by atoms with E-state index >= 15 is 0 Å². The van der Waals surface area contributed by atoms with E-state index in [4.69, 9.17) is 4.74 Å². The summed E-state index contributed by atoms with van der Waals surface area (Å²) in [5, 5.41) is 2.75. The van der Waals surface area contributed by atoms with E-state index in [0.29, 0.717) is 24.7 Å². The molecule has 0 aromatic carbocycles. The third-order valence-corrected chi connectivity index (χ3v) is 4.00. The lowest BCUT2D eigenvalue weighted by Gasteiger charge is -2.28. The van der Waals surface area contributed by atoms with E-state index in [1.807, 2.05) is 13.0 Å². The minimum Gasteiger partial charge on any atom is -0.378 e. The van der Waals surface area contributed by atoms with Crippen LogP contribution in [0.3, 0.4) is 0 Å². The molecule has 0 atom stereocenters. The molecule has 0 unspecified atom stereocenters. The summed E-state index contributed by atoms with van der Waals surface area (Å²) in [7, 11) is 0. The van der Waals surface area contributed by atoms with Crippen LogP contribution in [0.2, 0.25) is 0 Å². The number of hydrogen-bond acceptors (Lipinski definition) is 7. The van der Waals surface area contributed by atoms with E-state index in [-0.39, 0.29) is 24.6 Å². The number of aromatic nitrogens is 4. The molecule has 138 valence electrons.